The van der Waals surface area contributed by atoms with Gasteiger partial charge < -0.3 is 14.4 Å². The number of aromatic nitrogens is 6. The van der Waals surface area contributed by atoms with E-state index in [0.29, 0.717) is 23.3 Å². The Labute approximate surface area is 552 Å². The average molecular weight is 1230 g/mol. The van der Waals surface area contributed by atoms with Crippen molar-refractivity contribution in [2.75, 3.05) is 9.80 Å². The van der Waals surface area contributed by atoms with E-state index in [4.69, 9.17) is 24.9 Å². The third kappa shape index (κ3) is 9.02. The Bertz CT molecular complexity index is 5820. The van der Waals surface area contributed by atoms with Crippen LogP contribution in [0.15, 0.2) is 322 Å². The first-order valence-electron chi connectivity index (χ1n) is 32.1. The lowest BCUT2D eigenvalue weighted by Gasteiger charge is -2.44. The number of thiophene rings is 1. The Hall–Kier alpha value is -12.4. The fraction of sp³-hybridized carbons (Fsp3) is 0. The van der Waals surface area contributed by atoms with Crippen LogP contribution in [-0.2, 0) is 0 Å². The van der Waals surface area contributed by atoms with Crippen LogP contribution in [0, 0.1) is 0 Å². The van der Waals surface area contributed by atoms with Gasteiger partial charge in [0, 0.05) is 98.4 Å². The molecule has 10 heteroatoms. The SMILES string of the molecule is c1ccc(-c2cc(-c3cc(-c4nc(-c5ccccc5)nc(-c5ccccc5)n4)ccc3-n3c4ccccc4c4c5sc6ccccc6c5ccc43)nc(-c3cccc(-c4ccc(N5c6ccccc6B6c7ccccc7N(c7ccccc7)c7cccc5c76)cc4)c3)n2)cc1. The third-order valence-electron chi connectivity index (χ3n) is 18.8. The fourth-order valence-electron chi connectivity index (χ4n) is 14.6. The molecule has 0 amide bonds. The summed E-state index contributed by atoms with van der Waals surface area (Å²) in [6.07, 6.45) is 0. The van der Waals surface area contributed by atoms with Gasteiger partial charge in [-0.3, -0.25) is 0 Å². The Balaban J connectivity index is 0.771. The molecule has 17 aromatic rings. The van der Waals surface area contributed by atoms with E-state index in [1.54, 1.807) is 0 Å². The summed E-state index contributed by atoms with van der Waals surface area (Å²) in [7, 11) is 0. The summed E-state index contributed by atoms with van der Waals surface area (Å²) in [5, 5.41) is 4.92. The number of fused-ring (bicyclic) bond motifs is 11. The van der Waals surface area contributed by atoms with Crippen molar-refractivity contribution >= 4 is 111 Å². The molecule has 8 nitrogen and oxygen atoms in total. The van der Waals surface area contributed by atoms with E-state index < -0.39 is 0 Å². The van der Waals surface area contributed by atoms with Crippen molar-refractivity contribution < 1.29 is 0 Å². The van der Waals surface area contributed by atoms with Crippen molar-refractivity contribution in [2.45, 2.75) is 0 Å². The number of benzene rings is 13. The Morgan fingerprint density at radius 3 is 1.46 bits per heavy atom. The van der Waals surface area contributed by atoms with Crippen LogP contribution in [0.4, 0.5) is 34.1 Å². The highest BCUT2D eigenvalue weighted by atomic mass is 32.1. The first kappa shape index (κ1) is 54.4. The maximum absolute atomic E-state index is 5.70. The van der Waals surface area contributed by atoms with Gasteiger partial charge in [0.2, 0.25) is 0 Å². The van der Waals surface area contributed by atoms with Crippen molar-refractivity contribution in [1.29, 1.82) is 0 Å². The molecule has 4 aromatic heterocycles. The molecule has 0 N–H and O–H groups in total. The van der Waals surface area contributed by atoms with Crippen LogP contribution in [0.25, 0.3) is 127 Å². The number of hydrogen-bond donors (Lipinski definition) is 0. The second-order valence-corrected chi connectivity index (χ2v) is 25.3. The highest BCUT2D eigenvalue weighted by Crippen LogP contribution is 2.47. The number of anilines is 6. The first-order chi connectivity index (χ1) is 47.1. The van der Waals surface area contributed by atoms with Crippen molar-refractivity contribution in [2.24, 2.45) is 0 Å². The highest BCUT2D eigenvalue weighted by molar-refractivity contribution is 7.26. The topological polar surface area (TPSA) is 75.9 Å². The van der Waals surface area contributed by atoms with E-state index in [-0.39, 0.29) is 6.71 Å². The van der Waals surface area contributed by atoms with E-state index in [2.05, 4.69) is 269 Å². The molecule has 442 valence electrons. The van der Waals surface area contributed by atoms with E-state index in [9.17, 15) is 0 Å². The molecule has 2 aliphatic rings. The Morgan fingerprint density at radius 2 is 0.779 bits per heavy atom. The standard InChI is InChI=1S/C85H53BN8S/c1-5-23-55(24-6-1)69-53-70(88-84(87-69)59-30-21-29-58(51-59)54-43-46-62(47-44-54)93-74-39-19-16-36-68(74)86-67-35-15-18-38-73(67)92(61-31-11-4-12-32-61)76-40-22-41-77(93)80(76)86)66-52-60(85-90-82(56-25-7-2-8-26-56)89-83(91-85)57-27-9-3-10-28-57)45-49-72(66)94-71-37-17-13-34-65(71)79-75(94)50-48-64-63-33-14-20-42-78(63)95-81(64)79/h1-53H. The van der Waals surface area contributed by atoms with Crippen molar-refractivity contribution in [3.63, 3.8) is 0 Å². The molecule has 0 radical (unpaired) electrons. The summed E-state index contributed by atoms with van der Waals surface area (Å²) in [6.45, 7) is 0.0645. The number of hydrogen-bond acceptors (Lipinski definition) is 8. The normalized spacial score (nSPS) is 12.4. The molecule has 2 aliphatic heterocycles. The molecule has 0 saturated carbocycles. The third-order valence-corrected chi connectivity index (χ3v) is 20.1. The maximum Gasteiger partial charge on any atom is 0.252 e. The number of rotatable bonds is 10. The quantitative estimate of drug-likeness (QED) is 0.126. The second-order valence-electron chi connectivity index (χ2n) is 24.3. The summed E-state index contributed by atoms with van der Waals surface area (Å²) >= 11 is 1.86. The summed E-state index contributed by atoms with van der Waals surface area (Å²) in [5.41, 5.74) is 23.0. The van der Waals surface area contributed by atoms with E-state index in [1.165, 1.54) is 70.1 Å². The maximum atomic E-state index is 5.70. The van der Waals surface area contributed by atoms with Gasteiger partial charge in [-0.1, -0.05) is 224 Å². The molecule has 0 spiro atoms. The number of para-hydroxylation sites is 4. The van der Waals surface area contributed by atoms with Gasteiger partial charge in [0.1, 0.15) is 0 Å². The molecule has 19 rings (SSSR count). The molecule has 13 aromatic carbocycles. The molecule has 95 heavy (non-hydrogen) atoms. The smallest absolute Gasteiger partial charge is 0.252 e. The molecule has 0 fully saturated rings. The van der Waals surface area contributed by atoms with Gasteiger partial charge in [0.15, 0.2) is 23.3 Å². The summed E-state index contributed by atoms with van der Waals surface area (Å²) in [6, 6.07) is 115. The average Bonchev–Trinajstić information content (AvgIpc) is 1.61. The van der Waals surface area contributed by atoms with Crippen molar-refractivity contribution in [1.82, 2.24) is 29.5 Å². The molecule has 0 saturated heterocycles. The zero-order valence-electron chi connectivity index (χ0n) is 51.2. The molecular weight excluding hydrogens is 1180 g/mol. The summed E-state index contributed by atoms with van der Waals surface area (Å²) in [4.78, 5) is 31.7. The van der Waals surface area contributed by atoms with Crippen molar-refractivity contribution in [3.05, 3.63) is 322 Å². The molecule has 0 atom stereocenters. The van der Waals surface area contributed by atoms with Gasteiger partial charge in [-0.05, 0) is 125 Å². The van der Waals surface area contributed by atoms with Crippen LogP contribution in [0.3, 0.4) is 0 Å². The lowest BCUT2D eigenvalue weighted by Crippen LogP contribution is -2.61. The molecule has 0 aliphatic carbocycles. The van der Waals surface area contributed by atoms with Crippen LogP contribution in [0.5, 0.6) is 0 Å². The minimum absolute atomic E-state index is 0.0645. The monoisotopic (exact) mass is 1230 g/mol. The van der Waals surface area contributed by atoms with Crippen LogP contribution >= 0.6 is 11.3 Å². The minimum Gasteiger partial charge on any atom is -0.311 e. The number of nitrogens with zero attached hydrogens (tertiary/aromatic N) is 8. The Kier molecular flexibility index (Phi) is 12.7. The van der Waals surface area contributed by atoms with Crippen LogP contribution in [-0.4, -0.2) is 36.2 Å². The minimum atomic E-state index is 0.0645. The van der Waals surface area contributed by atoms with Gasteiger partial charge in [-0.25, -0.2) is 24.9 Å². The van der Waals surface area contributed by atoms with Crippen molar-refractivity contribution in [3.8, 4) is 84.9 Å². The zero-order valence-corrected chi connectivity index (χ0v) is 52.0. The lowest BCUT2D eigenvalue weighted by molar-refractivity contribution is 1.07. The molecule has 6 heterocycles. The largest absolute Gasteiger partial charge is 0.311 e. The molecule has 0 bridgehead atoms. The van der Waals surface area contributed by atoms with Gasteiger partial charge in [0.05, 0.1) is 28.1 Å². The van der Waals surface area contributed by atoms with E-state index in [1.807, 2.05) is 78.1 Å². The van der Waals surface area contributed by atoms with Crippen LogP contribution in [0.2, 0.25) is 0 Å². The molecule has 0 unspecified atom stereocenters. The predicted octanol–water partition coefficient (Wildman–Crippen LogP) is 19.9. The van der Waals surface area contributed by atoms with Gasteiger partial charge in [-0.2, -0.15) is 0 Å². The van der Waals surface area contributed by atoms with Gasteiger partial charge in [0.25, 0.3) is 6.71 Å². The van der Waals surface area contributed by atoms with Gasteiger partial charge >= 0.3 is 0 Å². The Morgan fingerprint density at radius 1 is 0.284 bits per heavy atom. The van der Waals surface area contributed by atoms with E-state index >= 15 is 0 Å². The van der Waals surface area contributed by atoms with Crippen LogP contribution < -0.4 is 26.2 Å². The fourth-order valence-corrected chi connectivity index (χ4v) is 15.8. The summed E-state index contributed by atoms with van der Waals surface area (Å²) < 4.78 is 4.95. The first-order valence-corrected chi connectivity index (χ1v) is 32.9. The lowest BCUT2D eigenvalue weighted by atomic mass is 9.33. The highest BCUT2D eigenvalue weighted by Gasteiger charge is 2.43. The second kappa shape index (κ2) is 22.2. The van der Waals surface area contributed by atoms with Gasteiger partial charge in [-0.15, -0.1) is 11.3 Å². The molecular formula is C85H53BN8S. The van der Waals surface area contributed by atoms with E-state index in [0.717, 1.165) is 84.0 Å². The summed E-state index contributed by atoms with van der Waals surface area (Å²) in [5.74, 6) is 2.33. The predicted molar refractivity (Wildman–Crippen MR) is 395 cm³/mol. The zero-order chi connectivity index (χ0) is 62.5. The van der Waals surface area contributed by atoms with Crippen LogP contribution in [0.1, 0.15) is 0 Å².